The fraction of sp³-hybridized carbons (Fsp3) is 0.731. The standard InChI is InChI=1S/C26H42N4O.3ClH/c31-26(27-13-8-16-29-14-5-2-6-15-29)12-7-11-25-24-17-23(18-28-25)20-30(21-24)19-22-9-3-1-4-10-22;;;/h1,3-4,9-10,23-25,28H,2,5-8,11-21H2,(H,27,31);3*1H/t23?,24?,25-;;;/m1.../s1. The van der Waals surface area contributed by atoms with E-state index < -0.39 is 0 Å². The summed E-state index contributed by atoms with van der Waals surface area (Å²) in [5.41, 5.74) is 1.42. The molecule has 3 fully saturated rings. The summed E-state index contributed by atoms with van der Waals surface area (Å²) in [6, 6.07) is 11.4. The first-order valence-corrected chi connectivity index (χ1v) is 12.7. The molecule has 2 unspecified atom stereocenters. The van der Waals surface area contributed by atoms with Crippen molar-refractivity contribution in [1.29, 1.82) is 0 Å². The number of carbonyl (C=O) groups is 1. The van der Waals surface area contributed by atoms with Gasteiger partial charge in [0, 0.05) is 38.6 Å². The molecule has 2 bridgehead atoms. The molecule has 196 valence electrons. The summed E-state index contributed by atoms with van der Waals surface area (Å²) >= 11 is 0. The van der Waals surface area contributed by atoms with Crippen molar-refractivity contribution < 1.29 is 4.79 Å². The van der Waals surface area contributed by atoms with Gasteiger partial charge in [0.15, 0.2) is 0 Å². The van der Waals surface area contributed by atoms with E-state index in [9.17, 15) is 4.79 Å². The van der Waals surface area contributed by atoms with Gasteiger partial charge in [-0.3, -0.25) is 9.69 Å². The molecule has 0 saturated carbocycles. The number of hydrogen-bond acceptors (Lipinski definition) is 4. The predicted octanol–water partition coefficient (Wildman–Crippen LogP) is 4.52. The van der Waals surface area contributed by atoms with Crippen molar-refractivity contribution >= 4 is 43.1 Å². The Morgan fingerprint density at radius 1 is 0.971 bits per heavy atom. The van der Waals surface area contributed by atoms with Gasteiger partial charge in [-0.2, -0.15) is 0 Å². The Morgan fingerprint density at radius 3 is 2.50 bits per heavy atom. The van der Waals surface area contributed by atoms with Crippen molar-refractivity contribution in [2.45, 2.75) is 64.0 Å². The Morgan fingerprint density at radius 2 is 1.74 bits per heavy atom. The summed E-state index contributed by atoms with van der Waals surface area (Å²) in [6.07, 6.45) is 9.29. The third-order valence-electron chi connectivity index (χ3n) is 7.47. The van der Waals surface area contributed by atoms with E-state index in [1.165, 1.54) is 57.4 Å². The Bertz CT molecular complexity index is 675. The van der Waals surface area contributed by atoms with Gasteiger partial charge in [-0.1, -0.05) is 36.8 Å². The molecule has 8 heteroatoms. The van der Waals surface area contributed by atoms with Crippen molar-refractivity contribution in [1.82, 2.24) is 20.4 Å². The lowest BCUT2D eigenvalue weighted by Crippen LogP contribution is -2.55. The molecule has 1 aromatic carbocycles. The maximum absolute atomic E-state index is 12.3. The van der Waals surface area contributed by atoms with Crippen LogP contribution in [0.25, 0.3) is 0 Å². The number of carbonyl (C=O) groups excluding carboxylic acids is 1. The highest BCUT2D eigenvalue weighted by molar-refractivity contribution is 5.86. The van der Waals surface area contributed by atoms with E-state index in [0.29, 0.717) is 12.5 Å². The van der Waals surface area contributed by atoms with E-state index in [-0.39, 0.29) is 43.1 Å². The number of halogens is 3. The lowest BCUT2D eigenvalue weighted by atomic mass is 9.79. The molecule has 1 aromatic rings. The zero-order valence-corrected chi connectivity index (χ0v) is 22.9. The van der Waals surface area contributed by atoms with Crippen LogP contribution >= 0.6 is 37.2 Å². The molecule has 1 amide bonds. The molecule has 5 nitrogen and oxygen atoms in total. The van der Waals surface area contributed by atoms with Crippen LogP contribution < -0.4 is 10.6 Å². The normalized spacial score (nSPS) is 24.8. The third-order valence-corrected chi connectivity index (χ3v) is 7.47. The average Bonchev–Trinajstić information content (AvgIpc) is 2.80. The van der Waals surface area contributed by atoms with Crippen LogP contribution in [0, 0.1) is 11.8 Å². The van der Waals surface area contributed by atoms with Gasteiger partial charge in [-0.15, -0.1) is 37.2 Å². The van der Waals surface area contributed by atoms with Crippen LogP contribution in [0.1, 0.15) is 56.9 Å². The van der Waals surface area contributed by atoms with E-state index in [1.807, 2.05) is 0 Å². The molecule has 0 aromatic heterocycles. The first kappa shape index (κ1) is 31.5. The Hall–Kier alpha value is -0.560. The molecule has 3 aliphatic rings. The molecular weight excluding hydrogens is 491 g/mol. The average molecular weight is 536 g/mol. The SMILES string of the molecule is Cl.Cl.Cl.O=C(CCC[C@H]1NCC2CC1CN(Cc1ccccc1)C2)NCCCN1CCCCC1. The van der Waals surface area contributed by atoms with E-state index in [0.717, 1.165) is 57.3 Å². The van der Waals surface area contributed by atoms with Crippen LogP contribution in [0.15, 0.2) is 30.3 Å². The maximum Gasteiger partial charge on any atom is 0.219 e. The van der Waals surface area contributed by atoms with Gasteiger partial charge < -0.3 is 15.5 Å². The van der Waals surface area contributed by atoms with Crippen LogP contribution in [0.5, 0.6) is 0 Å². The number of nitrogens with zero attached hydrogens (tertiary/aromatic N) is 2. The van der Waals surface area contributed by atoms with Crippen molar-refractivity contribution in [2.75, 3.05) is 45.8 Å². The summed E-state index contributed by atoms with van der Waals surface area (Å²) in [5.74, 6) is 1.74. The second kappa shape index (κ2) is 17.0. The minimum absolute atomic E-state index is 0. The Balaban J connectivity index is 0.00000193. The Labute approximate surface area is 225 Å². The van der Waals surface area contributed by atoms with E-state index in [4.69, 9.17) is 0 Å². The van der Waals surface area contributed by atoms with Crippen LogP contribution in [0.4, 0.5) is 0 Å². The van der Waals surface area contributed by atoms with Crippen molar-refractivity contribution in [3.05, 3.63) is 35.9 Å². The summed E-state index contributed by atoms with van der Waals surface area (Å²) in [4.78, 5) is 17.4. The molecule has 0 spiro atoms. The smallest absolute Gasteiger partial charge is 0.219 e. The first-order valence-electron chi connectivity index (χ1n) is 12.7. The molecular formula is C26H45Cl3N4O. The van der Waals surface area contributed by atoms with Crippen LogP contribution in [0.3, 0.4) is 0 Å². The molecule has 34 heavy (non-hydrogen) atoms. The van der Waals surface area contributed by atoms with E-state index in [1.54, 1.807) is 0 Å². The molecule has 3 atom stereocenters. The highest BCUT2D eigenvalue weighted by Crippen LogP contribution is 2.31. The van der Waals surface area contributed by atoms with Gasteiger partial charge in [0.05, 0.1) is 0 Å². The highest BCUT2D eigenvalue weighted by atomic mass is 35.5. The molecule has 3 heterocycles. The lowest BCUT2D eigenvalue weighted by Gasteiger charge is -2.46. The molecule has 0 radical (unpaired) electrons. The zero-order chi connectivity index (χ0) is 21.3. The number of hydrogen-bond donors (Lipinski definition) is 2. The summed E-state index contributed by atoms with van der Waals surface area (Å²) < 4.78 is 0. The monoisotopic (exact) mass is 534 g/mol. The van der Waals surface area contributed by atoms with Gasteiger partial charge in [-0.05, 0) is 82.1 Å². The maximum atomic E-state index is 12.3. The largest absolute Gasteiger partial charge is 0.356 e. The van der Waals surface area contributed by atoms with Gasteiger partial charge in [0.25, 0.3) is 0 Å². The van der Waals surface area contributed by atoms with E-state index in [2.05, 4.69) is 50.8 Å². The molecule has 4 rings (SSSR count). The fourth-order valence-electron chi connectivity index (χ4n) is 5.87. The number of fused-ring (bicyclic) bond motifs is 2. The van der Waals surface area contributed by atoms with Crippen LogP contribution in [-0.4, -0.2) is 67.6 Å². The quantitative estimate of drug-likeness (QED) is 0.432. The fourth-order valence-corrected chi connectivity index (χ4v) is 5.87. The minimum Gasteiger partial charge on any atom is -0.356 e. The lowest BCUT2D eigenvalue weighted by molar-refractivity contribution is -0.121. The van der Waals surface area contributed by atoms with Crippen LogP contribution in [-0.2, 0) is 11.3 Å². The third kappa shape index (κ3) is 10.2. The topological polar surface area (TPSA) is 47.6 Å². The minimum atomic E-state index is 0. The number of piperidine rings is 3. The van der Waals surface area contributed by atoms with E-state index >= 15 is 0 Å². The number of nitrogens with one attached hydrogen (secondary N) is 2. The van der Waals surface area contributed by atoms with Gasteiger partial charge in [0.2, 0.25) is 5.91 Å². The zero-order valence-electron chi connectivity index (χ0n) is 20.5. The Kier molecular flexibility index (Phi) is 15.7. The number of amides is 1. The van der Waals surface area contributed by atoms with Crippen molar-refractivity contribution in [2.24, 2.45) is 11.8 Å². The second-order valence-corrected chi connectivity index (χ2v) is 10.1. The summed E-state index contributed by atoms with van der Waals surface area (Å²) in [5, 5.41) is 6.95. The predicted molar refractivity (Wildman–Crippen MR) is 149 cm³/mol. The highest BCUT2D eigenvalue weighted by Gasteiger charge is 2.36. The summed E-state index contributed by atoms with van der Waals surface area (Å²) in [7, 11) is 0. The number of benzene rings is 1. The number of likely N-dealkylation sites (tertiary alicyclic amines) is 2. The summed E-state index contributed by atoms with van der Waals surface area (Å²) in [6.45, 7) is 9.05. The molecule has 3 saturated heterocycles. The van der Waals surface area contributed by atoms with Crippen molar-refractivity contribution in [3.63, 3.8) is 0 Å². The molecule has 2 N–H and O–H groups in total. The number of rotatable bonds is 10. The first-order chi connectivity index (χ1) is 15.3. The van der Waals surface area contributed by atoms with Gasteiger partial charge in [0.1, 0.15) is 0 Å². The molecule has 3 aliphatic heterocycles. The second-order valence-electron chi connectivity index (χ2n) is 10.1. The van der Waals surface area contributed by atoms with Gasteiger partial charge in [-0.25, -0.2) is 0 Å². The van der Waals surface area contributed by atoms with Crippen molar-refractivity contribution in [3.8, 4) is 0 Å². The molecule has 0 aliphatic carbocycles. The van der Waals surface area contributed by atoms with Gasteiger partial charge >= 0.3 is 0 Å². The van der Waals surface area contributed by atoms with Crippen LogP contribution in [0.2, 0.25) is 0 Å².